The standard InChI is InChI=1S/C40H43N2/c1-21(2)28-18-31(22(3)4)37(32(19-28)23(5)6)29-17-27-13-14-41(10)40-36-25(8)11-12-30-35-26(9)15-24(7)16-33(35)42(39(30)36)34(20-29)38(27)40/h11-23H,1-10H3/q+1. The number of rotatable bonds is 4. The average molecular weight is 552 g/mol. The Kier molecular flexibility index (Phi) is 5.97. The molecule has 0 radical (unpaired) electrons. The van der Waals surface area contributed by atoms with Crippen LogP contribution < -0.4 is 4.57 Å². The Hall–Kier alpha value is -3.91. The smallest absolute Gasteiger partial charge is 0.224 e. The monoisotopic (exact) mass is 551 g/mol. The van der Waals surface area contributed by atoms with Gasteiger partial charge in [0.15, 0.2) is 6.20 Å². The quantitative estimate of drug-likeness (QED) is 0.117. The first-order valence-electron chi connectivity index (χ1n) is 15.7. The fraction of sp³-hybridized carbons (Fsp3) is 0.325. The highest BCUT2D eigenvalue weighted by Gasteiger charge is 2.26. The molecule has 42 heavy (non-hydrogen) atoms. The van der Waals surface area contributed by atoms with E-state index in [1.165, 1.54) is 93.5 Å². The van der Waals surface area contributed by atoms with Crippen LogP contribution in [0.15, 0.2) is 60.8 Å². The second-order valence-electron chi connectivity index (χ2n) is 13.7. The zero-order valence-electron chi connectivity index (χ0n) is 26.9. The third-order valence-corrected chi connectivity index (χ3v) is 9.69. The number of aromatic nitrogens is 2. The van der Waals surface area contributed by atoms with Gasteiger partial charge in [0.05, 0.1) is 27.3 Å². The van der Waals surface area contributed by atoms with E-state index in [4.69, 9.17) is 0 Å². The lowest BCUT2D eigenvalue weighted by atomic mass is 9.81. The first-order chi connectivity index (χ1) is 20.0. The molecule has 3 heterocycles. The molecule has 0 aliphatic rings. The van der Waals surface area contributed by atoms with E-state index in [2.05, 4.69) is 139 Å². The van der Waals surface area contributed by atoms with Gasteiger partial charge in [-0.25, -0.2) is 4.57 Å². The molecule has 0 aliphatic carbocycles. The van der Waals surface area contributed by atoms with Gasteiger partial charge in [-0.2, -0.15) is 0 Å². The zero-order valence-corrected chi connectivity index (χ0v) is 26.9. The molecule has 0 aliphatic heterocycles. The lowest BCUT2D eigenvalue weighted by Gasteiger charge is -2.24. The number of hydrogen-bond acceptors (Lipinski definition) is 0. The average Bonchev–Trinajstić information content (AvgIpc) is 3.27. The maximum atomic E-state index is 2.60. The Bertz CT molecular complexity index is 2180. The van der Waals surface area contributed by atoms with Gasteiger partial charge in [0.1, 0.15) is 7.05 Å². The summed E-state index contributed by atoms with van der Waals surface area (Å²) in [4.78, 5) is 0. The molecule has 2 nitrogen and oxygen atoms in total. The Balaban J connectivity index is 1.76. The summed E-state index contributed by atoms with van der Waals surface area (Å²) >= 11 is 0. The number of pyridine rings is 2. The van der Waals surface area contributed by atoms with Crippen molar-refractivity contribution in [1.29, 1.82) is 0 Å². The second kappa shape index (κ2) is 9.30. The largest absolute Gasteiger partial charge is 0.307 e. The van der Waals surface area contributed by atoms with Crippen LogP contribution in [0, 0.1) is 20.8 Å². The topological polar surface area (TPSA) is 8.29 Å². The molecule has 0 atom stereocenters. The van der Waals surface area contributed by atoms with Crippen LogP contribution in [-0.4, -0.2) is 4.40 Å². The molecular formula is C40H43N2+. The predicted octanol–water partition coefficient (Wildman–Crippen LogP) is 10.8. The summed E-state index contributed by atoms with van der Waals surface area (Å²) in [5.74, 6) is 1.36. The highest BCUT2D eigenvalue weighted by atomic mass is 15.0. The van der Waals surface area contributed by atoms with Gasteiger partial charge in [0, 0.05) is 16.8 Å². The maximum Gasteiger partial charge on any atom is 0.224 e. The van der Waals surface area contributed by atoms with Crippen LogP contribution >= 0.6 is 0 Å². The summed E-state index contributed by atoms with van der Waals surface area (Å²) in [5.41, 5.74) is 16.4. The third kappa shape index (κ3) is 3.67. The fourth-order valence-corrected chi connectivity index (χ4v) is 7.66. The van der Waals surface area contributed by atoms with Crippen LogP contribution in [0.3, 0.4) is 0 Å². The molecule has 0 N–H and O–H groups in total. The van der Waals surface area contributed by atoms with Crippen molar-refractivity contribution >= 4 is 49.0 Å². The van der Waals surface area contributed by atoms with Crippen LogP contribution in [0.2, 0.25) is 0 Å². The highest BCUT2D eigenvalue weighted by Crippen LogP contribution is 2.45. The minimum absolute atomic E-state index is 0.431. The van der Waals surface area contributed by atoms with E-state index in [0.717, 1.165) is 0 Å². The zero-order chi connectivity index (χ0) is 29.8. The van der Waals surface area contributed by atoms with Crippen molar-refractivity contribution in [1.82, 2.24) is 4.40 Å². The van der Waals surface area contributed by atoms with Gasteiger partial charge >= 0.3 is 0 Å². The molecule has 0 saturated carbocycles. The fourth-order valence-electron chi connectivity index (χ4n) is 7.66. The first-order valence-corrected chi connectivity index (χ1v) is 15.7. The van der Waals surface area contributed by atoms with Crippen LogP contribution in [0.4, 0.5) is 0 Å². The molecule has 0 spiro atoms. The van der Waals surface area contributed by atoms with Gasteiger partial charge in [0.2, 0.25) is 5.52 Å². The minimum Gasteiger partial charge on any atom is -0.307 e. The number of fused-ring (bicyclic) bond motifs is 5. The van der Waals surface area contributed by atoms with Crippen LogP contribution in [-0.2, 0) is 7.05 Å². The molecule has 0 saturated heterocycles. The van der Waals surface area contributed by atoms with E-state index in [9.17, 15) is 0 Å². The number of aryl methyl sites for hydroxylation is 4. The molecule has 0 bridgehead atoms. The molecule has 0 amide bonds. The molecular weight excluding hydrogens is 508 g/mol. The second-order valence-corrected chi connectivity index (χ2v) is 13.7. The van der Waals surface area contributed by atoms with E-state index >= 15 is 0 Å². The molecule has 212 valence electrons. The van der Waals surface area contributed by atoms with Gasteiger partial charge in [-0.15, -0.1) is 0 Å². The Labute approximate surface area is 249 Å². The molecule has 2 heteroatoms. The lowest BCUT2D eigenvalue weighted by molar-refractivity contribution is -0.643. The van der Waals surface area contributed by atoms with E-state index in [-0.39, 0.29) is 0 Å². The van der Waals surface area contributed by atoms with Gasteiger partial charge < -0.3 is 4.40 Å². The molecule has 7 aromatic rings. The SMILES string of the molecule is Cc1cc(C)c2c3ccc(C)c4c3n(c2c1)c1cc(-c2c(C(C)C)cc(C(C)C)cc2C(C)C)cc2cc[n+](C)c4c21. The van der Waals surface area contributed by atoms with E-state index in [1.54, 1.807) is 0 Å². The summed E-state index contributed by atoms with van der Waals surface area (Å²) in [6, 6.07) is 21.7. The van der Waals surface area contributed by atoms with E-state index in [1.807, 2.05) is 0 Å². The van der Waals surface area contributed by atoms with Crippen molar-refractivity contribution in [3.05, 3.63) is 94.2 Å². The molecule has 0 unspecified atom stereocenters. The van der Waals surface area contributed by atoms with Crippen molar-refractivity contribution in [3.63, 3.8) is 0 Å². The summed E-state index contributed by atoms with van der Waals surface area (Å²) in [6.45, 7) is 20.8. The van der Waals surface area contributed by atoms with Crippen molar-refractivity contribution < 1.29 is 4.57 Å². The Morgan fingerprint density at radius 1 is 0.643 bits per heavy atom. The molecule has 3 aromatic heterocycles. The predicted molar refractivity (Wildman–Crippen MR) is 182 cm³/mol. The summed E-state index contributed by atoms with van der Waals surface area (Å²) in [7, 11) is 2.21. The molecule has 7 rings (SSSR count). The Morgan fingerprint density at radius 2 is 1.31 bits per heavy atom. The van der Waals surface area contributed by atoms with Gasteiger partial charge in [0.25, 0.3) is 0 Å². The lowest BCUT2D eigenvalue weighted by Crippen LogP contribution is -2.28. The van der Waals surface area contributed by atoms with Crippen molar-refractivity contribution in [2.45, 2.75) is 80.1 Å². The number of hydrogen-bond donors (Lipinski definition) is 0. The van der Waals surface area contributed by atoms with Gasteiger partial charge in [-0.3, -0.25) is 0 Å². The van der Waals surface area contributed by atoms with E-state index < -0.39 is 0 Å². The maximum absolute atomic E-state index is 2.60. The van der Waals surface area contributed by atoms with E-state index in [0.29, 0.717) is 17.8 Å². The highest BCUT2D eigenvalue weighted by molar-refractivity contribution is 6.26. The minimum atomic E-state index is 0.431. The number of benzene rings is 4. The Morgan fingerprint density at radius 3 is 1.95 bits per heavy atom. The summed E-state index contributed by atoms with van der Waals surface area (Å²) in [5, 5.41) is 6.74. The summed E-state index contributed by atoms with van der Waals surface area (Å²) in [6.07, 6.45) is 2.26. The normalized spacial score (nSPS) is 12.7. The third-order valence-electron chi connectivity index (χ3n) is 9.69. The van der Waals surface area contributed by atoms with Crippen LogP contribution in [0.5, 0.6) is 0 Å². The van der Waals surface area contributed by atoms with Crippen molar-refractivity contribution in [2.75, 3.05) is 0 Å². The van der Waals surface area contributed by atoms with Gasteiger partial charge in [-0.05, 0) is 107 Å². The molecule has 4 aromatic carbocycles. The van der Waals surface area contributed by atoms with Crippen molar-refractivity contribution in [3.8, 4) is 11.1 Å². The van der Waals surface area contributed by atoms with Crippen LogP contribution in [0.1, 0.15) is 92.7 Å². The molecule has 0 fully saturated rings. The van der Waals surface area contributed by atoms with Crippen LogP contribution in [0.25, 0.3) is 60.1 Å². The number of nitrogens with zero attached hydrogens (tertiary/aromatic N) is 2. The first kappa shape index (κ1) is 27.0. The van der Waals surface area contributed by atoms with Gasteiger partial charge in [-0.1, -0.05) is 71.9 Å². The summed E-state index contributed by atoms with van der Waals surface area (Å²) < 4.78 is 4.93. The van der Waals surface area contributed by atoms with Crippen molar-refractivity contribution in [2.24, 2.45) is 7.05 Å².